The van der Waals surface area contributed by atoms with Crippen LogP contribution in [0.1, 0.15) is 29.1 Å². The summed E-state index contributed by atoms with van der Waals surface area (Å²) in [6.45, 7) is 7.99. The predicted octanol–water partition coefficient (Wildman–Crippen LogP) is 3.66. The molecule has 1 fully saturated rings. The summed E-state index contributed by atoms with van der Waals surface area (Å²) in [5.41, 5.74) is 0.429. The molecule has 1 aliphatic rings. The van der Waals surface area contributed by atoms with Gasteiger partial charge in [0, 0.05) is 62.8 Å². The molecule has 0 spiro atoms. The number of carbonyl (C=O) groups is 2. The third-order valence-corrected chi connectivity index (χ3v) is 6.79. The Morgan fingerprint density at radius 3 is 2.42 bits per heavy atom. The maximum absolute atomic E-state index is 12.8. The van der Waals surface area contributed by atoms with Crippen molar-refractivity contribution in [2.24, 2.45) is 0 Å². The SMILES string of the molecule is CCN(CC)c1ccc([N+](=O)[O-])cc1C(=O)OCC(=O)N1CCN(Cc2ccc(Cl)s2)CC1. The van der Waals surface area contributed by atoms with Gasteiger partial charge in [-0.05, 0) is 32.0 Å². The Bertz CT molecular complexity index is 1000. The van der Waals surface area contributed by atoms with E-state index < -0.39 is 17.5 Å². The van der Waals surface area contributed by atoms with Crippen molar-refractivity contribution in [2.75, 3.05) is 50.8 Å². The van der Waals surface area contributed by atoms with Gasteiger partial charge in [0.05, 0.1) is 20.5 Å². The van der Waals surface area contributed by atoms with Gasteiger partial charge in [-0.15, -0.1) is 11.3 Å². The Hall–Kier alpha value is -2.69. The first kappa shape index (κ1) is 24.9. The van der Waals surface area contributed by atoms with Crippen LogP contribution in [0.4, 0.5) is 11.4 Å². The number of benzene rings is 1. The van der Waals surface area contributed by atoms with Crippen molar-refractivity contribution in [3.05, 3.63) is 55.2 Å². The van der Waals surface area contributed by atoms with Crippen molar-refractivity contribution >= 4 is 46.2 Å². The van der Waals surface area contributed by atoms with Crippen LogP contribution in [-0.4, -0.2) is 72.5 Å². The Balaban J connectivity index is 1.57. The van der Waals surface area contributed by atoms with Gasteiger partial charge in [0.15, 0.2) is 6.61 Å². The number of nitro benzene ring substituents is 1. The van der Waals surface area contributed by atoms with Gasteiger partial charge in [-0.2, -0.15) is 0 Å². The van der Waals surface area contributed by atoms with Gasteiger partial charge < -0.3 is 14.5 Å². The molecule has 1 aromatic carbocycles. The number of halogens is 1. The molecule has 0 unspecified atom stereocenters. The fourth-order valence-electron chi connectivity index (χ4n) is 3.75. The van der Waals surface area contributed by atoms with Crippen molar-refractivity contribution < 1.29 is 19.2 Å². The number of non-ortho nitro benzene ring substituents is 1. The molecule has 33 heavy (non-hydrogen) atoms. The molecule has 2 heterocycles. The van der Waals surface area contributed by atoms with Gasteiger partial charge in [0.25, 0.3) is 11.6 Å². The molecule has 3 rings (SSSR count). The summed E-state index contributed by atoms with van der Waals surface area (Å²) in [5, 5.41) is 11.2. The number of piperazine rings is 1. The molecular formula is C22H27ClN4O5S. The Morgan fingerprint density at radius 1 is 1.15 bits per heavy atom. The number of rotatable bonds is 9. The molecule has 1 saturated heterocycles. The average molecular weight is 495 g/mol. The van der Waals surface area contributed by atoms with Gasteiger partial charge in [-0.3, -0.25) is 19.8 Å². The number of amides is 1. The van der Waals surface area contributed by atoms with E-state index in [-0.39, 0.29) is 17.2 Å². The molecule has 1 amide bonds. The minimum atomic E-state index is -0.748. The van der Waals surface area contributed by atoms with E-state index in [2.05, 4.69) is 4.90 Å². The number of hydrogen-bond acceptors (Lipinski definition) is 8. The second-order valence-corrected chi connectivity index (χ2v) is 9.37. The summed E-state index contributed by atoms with van der Waals surface area (Å²) in [7, 11) is 0. The molecule has 0 radical (unpaired) electrons. The molecule has 0 N–H and O–H groups in total. The van der Waals surface area contributed by atoms with E-state index >= 15 is 0 Å². The number of anilines is 1. The summed E-state index contributed by atoms with van der Waals surface area (Å²) >= 11 is 7.53. The van der Waals surface area contributed by atoms with Crippen molar-refractivity contribution in [2.45, 2.75) is 20.4 Å². The monoisotopic (exact) mass is 494 g/mol. The maximum Gasteiger partial charge on any atom is 0.341 e. The van der Waals surface area contributed by atoms with Crippen LogP contribution >= 0.6 is 22.9 Å². The van der Waals surface area contributed by atoms with E-state index in [1.165, 1.54) is 17.0 Å². The zero-order valence-electron chi connectivity index (χ0n) is 18.7. The van der Waals surface area contributed by atoms with Crippen LogP contribution in [0.15, 0.2) is 30.3 Å². The number of nitro groups is 1. The van der Waals surface area contributed by atoms with E-state index in [0.29, 0.717) is 45.0 Å². The molecule has 1 aliphatic heterocycles. The lowest BCUT2D eigenvalue weighted by molar-refractivity contribution is -0.384. The minimum Gasteiger partial charge on any atom is -0.452 e. The zero-order chi connectivity index (χ0) is 24.0. The number of nitrogens with zero attached hydrogens (tertiary/aromatic N) is 4. The van der Waals surface area contributed by atoms with Crippen molar-refractivity contribution in [3.8, 4) is 0 Å². The van der Waals surface area contributed by atoms with Crippen molar-refractivity contribution in [3.63, 3.8) is 0 Å². The van der Waals surface area contributed by atoms with Gasteiger partial charge in [0.2, 0.25) is 0 Å². The molecular weight excluding hydrogens is 468 g/mol. The van der Waals surface area contributed by atoms with Gasteiger partial charge in [-0.25, -0.2) is 4.79 Å². The second-order valence-electron chi connectivity index (χ2n) is 7.57. The molecule has 0 aliphatic carbocycles. The van der Waals surface area contributed by atoms with Crippen LogP contribution in [-0.2, 0) is 16.1 Å². The maximum atomic E-state index is 12.8. The minimum absolute atomic E-state index is 0.0835. The number of hydrogen-bond donors (Lipinski definition) is 0. The predicted molar refractivity (Wildman–Crippen MR) is 128 cm³/mol. The van der Waals surface area contributed by atoms with Gasteiger partial charge >= 0.3 is 5.97 Å². The Morgan fingerprint density at radius 2 is 1.85 bits per heavy atom. The number of carbonyl (C=O) groups excluding carboxylic acids is 2. The first-order chi connectivity index (χ1) is 15.8. The van der Waals surface area contributed by atoms with E-state index in [1.54, 1.807) is 22.3 Å². The largest absolute Gasteiger partial charge is 0.452 e. The number of ether oxygens (including phenoxy) is 1. The van der Waals surface area contributed by atoms with Crippen LogP contribution in [0.5, 0.6) is 0 Å². The molecule has 0 saturated carbocycles. The van der Waals surface area contributed by atoms with Crippen LogP contribution in [0, 0.1) is 10.1 Å². The average Bonchev–Trinajstić information content (AvgIpc) is 3.23. The first-order valence-corrected chi connectivity index (χ1v) is 12.0. The molecule has 9 nitrogen and oxygen atoms in total. The highest BCUT2D eigenvalue weighted by Crippen LogP contribution is 2.26. The van der Waals surface area contributed by atoms with E-state index in [0.717, 1.165) is 10.9 Å². The van der Waals surface area contributed by atoms with Crippen LogP contribution in [0.25, 0.3) is 0 Å². The molecule has 1 aromatic heterocycles. The standard InChI is InChI=1S/C22H27ClN4O5S/c1-3-25(4-2)19-7-5-16(27(30)31)13-18(19)22(29)32-15-21(28)26-11-9-24(10-12-26)14-17-6-8-20(23)33-17/h5-8,13H,3-4,9-12,14-15H2,1-2H3. The Labute approximate surface area is 201 Å². The van der Waals surface area contributed by atoms with Crippen molar-refractivity contribution in [1.82, 2.24) is 9.80 Å². The summed E-state index contributed by atoms with van der Waals surface area (Å²) in [6.07, 6.45) is 0. The highest BCUT2D eigenvalue weighted by molar-refractivity contribution is 7.16. The molecule has 11 heteroatoms. The third kappa shape index (κ3) is 6.43. The smallest absolute Gasteiger partial charge is 0.341 e. The van der Waals surface area contributed by atoms with Crippen LogP contribution in [0.3, 0.4) is 0 Å². The summed E-state index contributed by atoms with van der Waals surface area (Å²) in [6, 6.07) is 7.99. The zero-order valence-corrected chi connectivity index (χ0v) is 20.2. The van der Waals surface area contributed by atoms with E-state index in [9.17, 15) is 19.7 Å². The van der Waals surface area contributed by atoms with Crippen molar-refractivity contribution in [1.29, 1.82) is 0 Å². The summed E-state index contributed by atoms with van der Waals surface area (Å²) < 4.78 is 6.03. The second kappa shape index (κ2) is 11.4. The highest BCUT2D eigenvalue weighted by atomic mass is 35.5. The van der Waals surface area contributed by atoms with E-state index in [1.807, 2.05) is 30.9 Å². The number of thiophene rings is 1. The molecule has 0 atom stereocenters. The lowest BCUT2D eigenvalue weighted by Crippen LogP contribution is -2.49. The van der Waals surface area contributed by atoms with Crippen LogP contribution in [0.2, 0.25) is 4.34 Å². The fourth-order valence-corrected chi connectivity index (χ4v) is 4.88. The third-order valence-electron chi connectivity index (χ3n) is 5.58. The number of esters is 1. The lowest BCUT2D eigenvalue weighted by Gasteiger charge is -2.34. The topological polar surface area (TPSA) is 96.2 Å². The highest BCUT2D eigenvalue weighted by Gasteiger charge is 2.25. The molecule has 0 bridgehead atoms. The normalized spacial score (nSPS) is 14.2. The summed E-state index contributed by atoms with van der Waals surface area (Å²) in [5.74, 6) is -1.03. The summed E-state index contributed by atoms with van der Waals surface area (Å²) in [4.78, 5) is 43.0. The fraction of sp³-hybridized carbons (Fsp3) is 0.455. The lowest BCUT2D eigenvalue weighted by atomic mass is 10.1. The Kier molecular flexibility index (Phi) is 8.65. The van der Waals surface area contributed by atoms with Crippen LogP contribution < -0.4 is 4.90 Å². The van der Waals surface area contributed by atoms with Gasteiger partial charge in [0.1, 0.15) is 0 Å². The van der Waals surface area contributed by atoms with Gasteiger partial charge in [-0.1, -0.05) is 11.6 Å². The molecule has 2 aromatic rings. The molecule has 178 valence electrons. The quantitative estimate of drug-likeness (QED) is 0.298. The first-order valence-electron chi connectivity index (χ1n) is 10.8. The van der Waals surface area contributed by atoms with E-state index in [4.69, 9.17) is 16.3 Å².